The number of aliphatic hydroxyl groups excluding tert-OH is 1. The zero-order chi connectivity index (χ0) is 19.9. The normalized spacial score (nSPS) is 35.2. The Labute approximate surface area is 164 Å². The lowest BCUT2D eigenvalue weighted by molar-refractivity contribution is -0.163. The Bertz CT molecular complexity index is 641. The van der Waals surface area contributed by atoms with Crippen molar-refractivity contribution in [2.75, 3.05) is 27.2 Å². The molecule has 3 aliphatic heterocycles. The first-order valence-electron chi connectivity index (χ1n) is 9.52. The Morgan fingerprint density at radius 1 is 1.44 bits per heavy atom. The number of carboxylic acids is 1. The first-order valence-corrected chi connectivity index (χ1v) is 10.4. The summed E-state index contributed by atoms with van der Waals surface area (Å²) in [6.07, 6.45) is 0.162. The Kier molecular flexibility index (Phi) is 6.17. The van der Waals surface area contributed by atoms with Gasteiger partial charge in [0.25, 0.3) is 0 Å². The number of likely N-dealkylation sites (N-methyl/N-ethyl adjacent to an activating group) is 2. The highest BCUT2D eigenvalue weighted by atomic mass is 32.2. The topological polar surface area (TPSA) is 114 Å². The summed E-state index contributed by atoms with van der Waals surface area (Å²) < 4.78 is 0. The van der Waals surface area contributed by atoms with Crippen LogP contribution in [0, 0.1) is 11.8 Å². The number of thioether (sulfide) groups is 1. The zero-order valence-corrected chi connectivity index (χ0v) is 17.0. The maximum Gasteiger partial charge on any atom is 0.353 e. The first-order chi connectivity index (χ1) is 12.8. The second-order valence-corrected chi connectivity index (χ2v) is 9.06. The average molecular weight is 399 g/mol. The number of amides is 1. The van der Waals surface area contributed by atoms with Gasteiger partial charge in [-0.15, -0.1) is 11.8 Å². The van der Waals surface area contributed by atoms with Gasteiger partial charge < -0.3 is 31.1 Å². The molecule has 1 amide bonds. The summed E-state index contributed by atoms with van der Waals surface area (Å²) in [5.74, 6) is -1.92. The monoisotopic (exact) mass is 398 g/mol. The number of nitrogens with zero attached hydrogens (tertiary/aromatic N) is 1. The molecule has 1 unspecified atom stereocenters. The Morgan fingerprint density at radius 2 is 2.15 bits per heavy atom. The number of nitrogens with one attached hydrogen (secondary N) is 3. The highest BCUT2D eigenvalue weighted by Crippen LogP contribution is 2.51. The second kappa shape index (κ2) is 8.08. The van der Waals surface area contributed by atoms with Crippen LogP contribution in [0.3, 0.4) is 0 Å². The summed E-state index contributed by atoms with van der Waals surface area (Å²) in [6, 6.07) is 0.371. The second-order valence-electron chi connectivity index (χ2n) is 7.72. The minimum Gasteiger partial charge on any atom is -0.477 e. The van der Waals surface area contributed by atoms with Gasteiger partial charge in [0.15, 0.2) is 0 Å². The van der Waals surface area contributed by atoms with Crippen LogP contribution in [0.5, 0.6) is 0 Å². The molecule has 0 aliphatic carbocycles. The van der Waals surface area contributed by atoms with E-state index in [9.17, 15) is 19.8 Å². The van der Waals surface area contributed by atoms with Crippen LogP contribution in [0.1, 0.15) is 20.3 Å². The molecule has 0 bridgehead atoms. The van der Waals surface area contributed by atoms with Gasteiger partial charge in [0, 0.05) is 41.2 Å². The van der Waals surface area contributed by atoms with Crippen LogP contribution < -0.4 is 16.0 Å². The van der Waals surface area contributed by atoms with Crippen molar-refractivity contribution in [2.24, 2.45) is 11.8 Å². The molecule has 2 saturated heterocycles. The van der Waals surface area contributed by atoms with Gasteiger partial charge in [0.05, 0.1) is 18.1 Å². The largest absolute Gasteiger partial charge is 0.477 e. The summed E-state index contributed by atoms with van der Waals surface area (Å²) in [6.45, 7) is 5.22. The molecule has 5 N–H and O–H groups in total. The standard InChI is InChI=1S/C18H30N4O4S/c1-8-14-13(9(2)23)17(24)22(14)15(18(25)26)16(8)27-10-5-11(21-6-10)12(20-4)7-19-3/h8-14,19-21,23H,5-7H2,1-4H3,(H,25,26)/t8-,9-,10+,11+,12?,13-,14-/m1/s1. The van der Waals surface area contributed by atoms with Crippen molar-refractivity contribution in [1.82, 2.24) is 20.9 Å². The lowest BCUT2D eigenvalue weighted by Crippen LogP contribution is -2.63. The number of hydrogen-bond donors (Lipinski definition) is 5. The van der Waals surface area contributed by atoms with Gasteiger partial charge in [-0.3, -0.25) is 4.79 Å². The minimum atomic E-state index is -1.06. The molecule has 7 atom stereocenters. The van der Waals surface area contributed by atoms with E-state index in [2.05, 4.69) is 16.0 Å². The molecule has 0 aromatic rings. The number of fused-ring (bicyclic) bond motifs is 1. The number of aliphatic carboxylic acids is 1. The van der Waals surface area contributed by atoms with Crippen molar-refractivity contribution in [2.45, 2.75) is 49.7 Å². The van der Waals surface area contributed by atoms with Crippen LogP contribution >= 0.6 is 11.8 Å². The van der Waals surface area contributed by atoms with Crippen LogP contribution in [0.15, 0.2) is 10.6 Å². The molecule has 3 aliphatic rings. The number of rotatable bonds is 8. The summed E-state index contributed by atoms with van der Waals surface area (Å²) in [7, 11) is 3.87. The van der Waals surface area contributed by atoms with Crippen molar-refractivity contribution in [3.63, 3.8) is 0 Å². The number of aliphatic hydroxyl groups is 1. The molecule has 152 valence electrons. The highest BCUT2D eigenvalue weighted by molar-refractivity contribution is 8.03. The molecule has 0 aromatic carbocycles. The van der Waals surface area contributed by atoms with Gasteiger partial charge >= 0.3 is 5.97 Å². The lowest BCUT2D eigenvalue weighted by atomic mass is 9.79. The predicted octanol–water partition coefficient (Wildman–Crippen LogP) is -0.589. The minimum absolute atomic E-state index is 0.0742. The molecule has 0 aromatic heterocycles. The van der Waals surface area contributed by atoms with Gasteiger partial charge in [-0.1, -0.05) is 6.92 Å². The number of hydrogen-bond acceptors (Lipinski definition) is 7. The van der Waals surface area contributed by atoms with Gasteiger partial charge in [0.1, 0.15) is 5.70 Å². The summed E-state index contributed by atoms with van der Waals surface area (Å²) >= 11 is 1.58. The molecule has 2 fully saturated rings. The van der Waals surface area contributed by atoms with Gasteiger partial charge in [-0.2, -0.15) is 0 Å². The van der Waals surface area contributed by atoms with E-state index in [1.165, 1.54) is 4.90 Å². The molecule has 3 heterocycles. The quantitative estimate of drug-likeness (QED) is 0.345. The van der Waals surface area contributed by atoms with Crippen molar-refractivity contribution in [3.8, 4) is 0 Å². The third kappa shape index (κ3) is 3.51. The summed E-state index contributed by atoms with van der Waals surface area (Å²) in [5.41, 5.74) is 0.114. The SMILES string of the molecule is CNCC(NC)[C@@H]1C[C@H](SC2=C(C(=O)O)N3C(=O)[C@H]([C@@H](C)O)[C@H]3[C@H]2C)CN1. The van der Waals surface area contributed by atoms with E-state index in [1.807, 2.05) is 21.0 Å². The van der Waals surface area contributed by atoms with Gasteiger partial charge in [-0.05, 0) is 27.4 Å². The number of β-lactam (4-membered cyclic amide) rings is 1. The lowest BCUT2D eigenvalue weighted by Gasteiger charge is -2.46. The van der Waals surface area contributed by atoms with E-state index in [-0.39, 0.29) is 28.8 Å². The van der Waals surface area contributed by atoms with E-state index >= 15 is 0 Å². The molecule has 0 spiro atoms. The molecule has 0 radical (unpaired) electrons. The van der Waals surface area contributed by atoms with E-state index in [4.69, 9.17) is 0 Å². The smallest absolute Gasteiger partial charge is 0.353 e. The van der Waals surface area contributed by atoms with Crippen molar-refractivity contribution >= 4 is 23.6 Å². The molecule has 27 heavy (non-hydrogen) atoms. The fraction of sp³-hybridized carbons (Fsp3) is 0.778. The Hall–Kier alpha value is -1.13. The average Bonchev–Trinajstić information content (AvgIpc) is 3.15. The molecular formula is C18H30N4O4S. The van der Waals surface area contributed by atoms with Crippen LogP contribution in [-0.2, 0) is 9.59 Å². The Morgan fingerprint density at radius 3 is 2.70 bits per heavy atom. The molecule has 0 saturated carbocycles. The highest BCUT2D eigenvalue weighted by Gasteiger charge is 2.60. The van der Waals surface area contributed by atoms with E-state index < -0.39 is 18.0 Å². The van der Waals surface area contributed by atoms with Crippen LogP contribution in [0.2, 0.25) is 0 Å². The first kappa shape index (κ1) is 20.6. The molecule has 9 heteroatoms. The zero-order valence-electron chi connectivity index (χ0n) is 16.2. The third-order valence-corrected chi connectivity index (χ3v) is 7.52. The van der Waals surface area contributed by atoms with E-state index in [1.54, 1.807) is 18.7 Å². The van der Waals surface area contributed by atoms with Crippen molar-refractivity contribution < 1.29 is 19.8 Å². The molecular weight excluding hydrogens is 368 g/mol. The maximum atomic E-state index is 12.4. The number of carbonyl (C=O) groups is 2. The number of carbonyl (C=O) groups excluding carboxylic acids is 1. The third-order valence-electron chi connectivity index (χ3n) is 6.01. The van der Waals surface area contributed by atoms with Crippen molar-refractivity contribution in [3.05, 3.63) is 10.6 Å². The predicted molar refractivity (Wildman–Crippen MR) is 104 cm³/mol. The summed E-state index contributed by atoms with van der Waals surface area (Å²) in [5, 5.41) is 30.0. The van der Waals surface area contributed by atoms with Crippen molar-refractivity contribution in [1.29, 1.82) is 0 Å². The summed E-state index contributed by atoms with van der Waals surface area (Å²) in [4.78, 5) is 26.5. The fourth-order valence-electron chi connectivity index (χ4n) is 4.65. The van der Waals surface area contributed by atoms with E-state index in [0.717, 1.165) is 24.4 Å². The Balaban J connectivity index is 1.74. The fourth-order valence-corrected chi connectivity index (χ4v) is 6.15. The number of carboxylic acid groups (broad SMARTS) is 1. The van der Waals surface area contributed by atoms with Gasteiger partial charge in [0.2, 0.25) is 5.91 Å². The maximum absolute atomic E-state index is 12.4. The van der Waals surface area contributed by atoms with E-state index in [0.29, 0.717) is 12.1 Å². The van der Waals surface area contributed by atoms with Crippen LogP contribution in [-0.4, -0.2) is 83.7 Å². The van der Waals surface area contributed by atoms with Crippen LogP contribution in [0.4, 0.5) is 0 Å². The van der Waals surface area contributed by atoms with Gasteiger partial charge in [-0.25, -0.2) is 4.79 Å². The van der Waals surface area contributed by atoms with Crippen LogP contribution in [0.25, 0.3) is 0 Å². The molecule has 3 rings (SSSR count). The molecule has 8 nitrogen and oxygen atoms in total.